The van der Waals surface area contributed by atoms with Gasteiger partial charge in [-0.2, -0.15) is 16.1 Å². The molecule has 2 fully saturated rings. The van der Waals surface area contributed by atoms with Crippen LogP contribution < -0.4 is 5.32 Å². The van der Waals surface area contributed by atoms with Gasteiger partial charge in [0, 0.05) is 38.1 Å². The highest BCUT2D eigenvalue weighted by Gasteiger charge is 2.34. The van der Waals surface area contributed by atoms with Gasteiger partial charge in [-0.15, -0.1) is 0 Å². The lowest BCUT2D eigenvalue weighted by molar-refractivity contribution is 0.0137. The van der Waals surface area contributed by atoms with Crippen molar-refractivity contribution in [1.29, 1.82) is 0 Å². The predicted molar refractivity (Wildman–Crippen MR) is 98.5 cm³/mol. The van der Waals surface area contributed by atoms with Gasteiger partial charge >= 0.3 is 0 Å². The van der Waals surface area contributed by atoms with E-state index in [2.05, 4.69) is 5.32 Å². The van der Waals surface area contributed by atoms with Crippen LogP contribution in [-0.2, 0) is 14.8 Å². The number of nitrogens with one attached hydrogen (secondary N) is 1. The second kappa shape index (κ2) is 7.65. The number of hydrogen-bond acceptors (Lipinski definition) is 5. The lowest BCUT2D eigenvalue weighted by atomic mass is 10.0. The fourth-order valence-electron chi connectivity index (χ4n) is 3.16. The third kappa shape index (κ3) is 4.02. The van der Waals surface area contributed by atoms with Gasteiger partial charge in [0.15, 0.2) is 0 Å². The summed E-state index contributed by atoms with van der Waals surface area (Å²) in [5, 5.41) is 2.91. The van der Waals surface area contributed by atoms with Gasteiger partial charge in [0.05, 0.1) is 10.5 Å². The molecule has 8 heteroatoms. The molecule has 1 aromatic carbocycles. The summed E-state index contributed by atoms with van der Waals surface area (Å²) >= 11 is 1.82. The van der Waals surface area contributed by atoms with Gasteiger partial charge in [-0.1, -0.05) is 0 Å². The van der Waals surface area contributed by atoms with Gasteiger partial charge in [0.2, 0.25) is 10.0 Å². The lowest BCUT2D eigenvalue weighted by Crippen LogP contribution is -2.44. The molecule has 1 unspecified atom stereocenters. The number of thioether (sulfide) groups is 1. The summed E-state index contributed by atoms with van der Waals surface area (Å²) in [7, 11) is -1.76. The average molecular weight is 385 g/mol. The zero-order chi connectivity index (χ0) is 17.9. The van der Waals surface area contributed by atoms with E-state index >= 15 is 0 Å². The number of sulfonamides is 1. The van der Waals surface area contributed by atoms with Crippen LogP contribution in [0.2, 0.25) is 0 Å². The molecule has 0 bridgehead atoms. The predicted octanol–water partition coefficient (Wildman–Crippen LogP) is 1.72. The molecule has 0 saturated carbocycles. The van der Waals surface area contributed by atoms with Crippen molar-refractivity contribution >= 4 is 27.7 Å². The number of ether oxygens (including phenoxy) is 1. The van der Waals surface area contributed by atoms with Crippen molar-refractivity contribution in [3.05, 3.63) is 29.8 Å². The SMILES string of the molecule is COC1(CNC(=O)c2ccc(S(=O)(=O)N3CCCC3)cc2)CCSC1. The Bertz CT molecular complexity index is 707. The van der Waals surface area contributed by atoms with Crippen molar-refractivity contribution in [1.82, 2.24) is 9.62 Å². The maximum atomic E-state index is 12.5. The van der Waals surface area contributed by atoms with Crippen LogP contribution in [0.5, 0.6) is 0 Å². The number of carbonyl (C=O) groups is 1. The van der Waals surface area contributed by atoms with E-state index in [9.17, 15) is 13.2 Å². The molecule has 1 amide bonds. The van der Waals surface area contributed by atoms with Crippen LogP contribution in [0.1, 0.15) is 29.6 Å². The molecule has 0 aromatic heterocycles. The van der Waals surface area contributed by atoms with E-state index in [1.54, 1.807) is 19.2 Å². The Balaban J connectivity index is 1.64. The van der Waals surface area contributed by atoms with Gasteiger partial charge in [-0.3, -0.25) is 4.79 Å². The van der Waals surface area contributed by atoms with E-state index in [1.165, 1.54) is 16.4 Å². The standard InChI is InChI=1S/C17H24N2O4S2/c1-23-17(8-11-24-13-17)12-18-16(20)14-4-6-15(7-5-14)25(21,22)19-9-2-3-10-19/h4-7H,2-3,8-13H2,1H3,(H,18,20). The van der Waals surface area contributed by atoms with Crippen molar-refractivity contribution in [2.45, 2.75) is 29.8 Å². The van der Waals surface area contributed by atoms with Crippen molar-refractivity contribution in [2.75, 3.05) is 38.2 Å². The molecule has 6 nitrogen and oxygen atoms in total. The number of amides is 1. The third-order valence-corrected chi connectivity index (χ3v) is 8.03. The molecule has 2 heterocycles. The van der Waals surface area contributed by atoms with Crippen molar-refractivity contribution in [3.8, 4) is 0 Å². The summed E-state index contributed by atoms with van der Waals surface area (Å²) in [5.41, 5.74) is 0.164. The number of hydrogen-bond donors (Lipinski definition) is 1. The molecule has 1 N–H and O–H groups in total. The molecule has 2 aliphatic rings. The van der Waals surface area contributed by atoms with E-state index in [-0.39, 0.29) is 16.4 Å². The summed E-state index contributed by atoms with van der Waals surface area (Å²) in [6.07, 6.45) is 2.72. The van der Waals surface area contributed by atoms with Crippen LogP contribution in [0.4, 0.5) is 0 Å². The van der Waals surface area contributed by atoms with Crippen LogP contribution in [0.3, 0.4) is 0 Å². The zero-order valence-corrected chi connectivity index (χ0v) is 16.0. The maximum absolute atomic E-state index is 12.5. The van der Waals surface area contributed by atoms with Gasteiger partial charge in [0.25, 0.3) is 5.91 Å². The minimum atomic E-state index is -3.44. The Morgan fingerprint density at radius 1 is 1.28 bits per heavy atom. The molecule has 1 aromatic rings. The Labute approximate surface area is 153 Å². The summed E-state index contributed by atoms with van der Waals surface area (Å²) < 4.78 is 32.1. The van der Waals surface area contributed by atoms with E-state index in [4.69, 9.17) is 4.74 Å². The zero-order valence-electron chi connectivity index (χ0n) is 14.4. The first-order chi connectivity index (χ1) is 12.0. The summed E-state index contributed by atoms with van der Waals surface area (Å²) in [6, 6.07) is 6.17. The first-order valence-electron chi connectivity index (χ1n) is 8.48. The van der Waals surface area contributed by atoms with E-state index in [0.29, 0.717) is 25.2 Å². The monoisotopic (exact) mass is 384 g/mol. The molecule has 1 atom stereocenters. The topological polar surface area (TPSA) is 75.7 Å². The Hall–Kier alpha value is -1.09. The van der Waals surface area contributed by atoms with Crippen LogP contribution in [0.25, 0.3) is 0 Å². The minimum Gasteiger partial charge on any atom is -0.376 e. The number of methoxy groups -OCH3 is 1. The van der Waals surface area contributed by atoms with Gasteiger partial charge in [-0.25, -0.2) is 8.42 Å². The summed E-state index contributed by atoms with van der Waals surface area (Å²) in [5.74, 6) is 1.70. The molecule has 0 radical (unpaired) electrons. The first-order valence-corrected chi connectivity index (χ1v) is 11.1. The average Bonchev–Trinajstić information content (AvgIpc) is 3.32. The molecule has 0 aliphatic carbocycles. The Morgan fingerprint density at radius 3 is 2.52 bits per heavy atom. The number of benzene rings is 1. The van der Waals surface area contributed by atoms with Gasteiger partial charge in [0.1, 0.15) is 0 Å². The smallest absolute Gasteiger partial charge is 0.251 e. The van der Waals surface area contributed by atoms with Crippen molar-refractivity contribution < 1.29 is 17.9 Å². The van der Waals surface area contributed by atoms with E-state index in [0.717, 1.165) is 30.8 Å². The highest BCUT2D eigenvalue weighted by Crippen LogP contribution is 2.30. The van der Waals surface area contributed by atoms with Gasteiger partial charge in [-0.05, 0) is 49.3 Å². The van der Waals surface area contributed by atoms with E-state index in [1.807, 2.05) is 11.8 Å². The fourth-order valence-corrected chi connectivity index (χ4v) is 6.07. The highest BCUT2D eigenvalue weighted by atomic mass is 32.2. The normalized spacial score (nSPS) is 24.5. The molecule has 3 rings (SSSR count). The number of carbonyl (C=O) groups excluding carboxylic acids is 1. The first kappa shape index (κ1) is 18.7. The molecule has 2 aliphatic heterocycles. The molecule has 138 valence electrons. The quantitative estimate of drug-likeness (QED) is 0.808. The molecule has 2 saturated heterocycles. The van der Waals surface area contributed by atoms with Crippen LogP contribution in [-0.4, -0.2) is 62.5 Å². The van der Waals surface area contributed by atoms with Crippen molar-refractivity contribution in [2.24, 2.45) is 0 Å². The number of nitrogens with zero attached hydrogens (tertiary/aromatic N) is 1. The minimum absolute atomic E-state index is 0.210. The summed E-state index contributed by atoms with van der Waals surface area (Å²) in [6.45, 7) is 1.60. The second-order valence-electron chi connectivity index (χ2n) is 6.51. The highest BCUT2D eigenvalue weighted by molar-refractivity contribution is 7.99. The Kier molecular flexibility index (Phi) is 5.72. The molecule has 0 spiro atoms. The summed E-state index contributed by atoms with van der Waals surface area (Å²) in [4.78, 5) is 12.6. The second-order valence-corrected chi connectivity index (χ2v) is 9.55. The Morgan fingerprint density at radius 2 is 1.96 bits per heavy atom. The molecular weight excluding hydrogens is 360 g/mol. The van der Waals surface area contributed by atoms with Crippen molar-refractivity contribution in [3.63, 3.8) is 0 Å². The van der Waals surface area contributed by atoms with Crippen LogP contribution in [0.15, 0.2) is 29.2 Å². The lowest BCUT2D eigenvalue weighted by Gasteiger charge is -2.26. The molecule has 25 heavy (non-hydrogen) atoms. The molecular formula is C17H24N2O4S2. The largest absolute Gasteiger partial charge is 0.376 e. The van der Waals surface area contributed by atoms with Crippen LogP contribution in [0, 0.1) is 0 Å². The maximum Gasteiger partial charge on any atom is 0.251 e. The third-order valence-electron chi connectivity index (χ3n) is 4.89. The van der Waals surface area contributed by atoms with E-state index < -0.39 is 10.0 Å². The van der Waals surface area contributed by atoms with Gasteiger partial charge < -0.3 is 10.1 Å². The fraction of sp³-hybridized carbons (Fsp3) is 0.588. The number of rotatable bonds is 6. The van der Waals surface area contributed by atoms with Crippen LogP contribution >= 0.6 is 11.8 Å².